The molecule has 0 spiro atoms. The second kappa shape index (κ2) is 17.0. The van der Waals surface area contributed by atoms with Crippen LogP contribution in [-0.4, -0.2) is 40.0 Å². The molecule has 0 aliphatic rings. The molecule has 0 rings (SSSR count). The number of aliphatic imine (C=N–C) groups is 1. The lowest BCUT2D eigenvalue weighted by atomic mass is 10.8. The van der Waals surface area contributed by atoms with Crippen molar-refractivity contribution in [2.75, 3.05) is 28.2 Å². The normalized spacial score (nSPS) is 8.54. The summed E-state index contributed by atoms with van der Waals surface area (Å²) in [6.45, 7) is 1.53. The molecule has 0 heterocycles. The van der Waals surface area contributed by atoms with Crippen LogP contribution in [0.3, 0.4) is 0 Å². The van der Waals surface area contributed by atoms with Gasteiger partial charge in [-0.15, -0.1) is 0 Å². The number of nitrogens with two attached hydrogens (primary N) is 2. The number of guanidine groups is 1. The zero-order valence-corrected chi connectivity index (χ0v) is 9.10. The fourth-order valence-electron chi connectivity index (χ4n) is 0.112. The molecule has 0 unspecified atom stereocenters. The van der Waals surface area contributed by atoms with Crippen molar-refractivity contribution in [3.63, 3.8) is 0 Å². The van der Waals surface area contributed by atoms with Crippen molar-refractivity contribution >= 4 is 11.8 Å². The van der Waals surface area contributed by atoms with E-state index in [0.717, 1.165) is 0 Å². The first-order valence-electron chi connectivity index (χ1n) is 3.75. The first kappa shape index (κ1) is 17.7. The maximum absolute atomic E-state index is 6.28. The molecule has 0 aromatic heterocycles. The van der Waals surface area contributed by atoms with E-state index in [1.165, 1.54) is 6.92 Å². The minimum absolute atomic E-state index is 0.167. The lowest BCUT2D eigenvalue weighted by molar-refractivity contribution is 1.02. The number of hydrogen-bond acceptors (Lipinski definition) is 3. The smallest absolute Gasteiger partial charge is 0.188 e. The fourth-order valence-corrected chi connectivity index (χ4v) is 0.112. The molecule has 0 aromatic carbocycles. The SMILES string of the molecule is CC(=N)N.CN=C(N)NC.CNC. The Morgan fingerprint density at radius 2 is 1.46 bits per heavy atom. The molecule has 6 heteroatoms. The highest BCUT2D eigenvalue weighted by Gasteiger charge is 1.71. The van der Waals surface area contributed by atoms with Crippen molar-refractivity contribution < 1.29 is 0 Å². The second-order valence-corrected chi connectivity index (χ2v) is 2.04. The predicted octanol–water partition coefficient (Wildman–Crippen LogP) is -1.07. The number of hydrogen-bond donors (Lipinski definition) is 5. The van der Waals surface area contributed by atoms with Crippen LogP contribution in [-0.2, 0) is 0 Å². The molecule has 0 fully saturated rings. The molecule has 0 atom stereocenters. The molecule has 7 N–H and O–H groups in total. The Labute approximate surface area is 80.3 Å². The molecule has 0 aliphatic carbocycles. The van der Waals surface area contributed by atoms with Gasteiger partial charge in [-0.25, -0.2) is 0 Å². The van der Waals surface area contributed by atoms with Gasteiger partial charge in [-0.2, -0.15) is 0 Å². The predicted molar refractivity (Wildman–Crippen MR) is 59.2 cm³/mol. The summed E-state index contributed by atoms with van der Waals surface area (Å²) in [5.41, 5.74) is 9.81. The van der Waals surface area contributed by atoms with Crippen LogP contribution in [0.1, 0.15) is 6.92 Å². The maximum atomic E-state index is 6.28. The van der Waals surface area contributed by atoms with E-state index >= 15 is 0 Å². The maximum Gasteiger partial charge on any atom is 0.188 e. The molecule has 0 radical (unpaired) electrons. The second-order valence-electron chi connectivity index (χ2n) is 2.04. The summed E-state index contributed by atoms with van der Waals surface area (Å²) in [6, 6.07) is 0. The number of nitrogens with zero attached hydrogens (tertiary/aromatic N) is 1. The van der Waals surface area contributed by atoms with Crippen LogP contribution in [0.25, 0.3) is 0 Å². The van der Waals surface area contributed by atoms with Crippen molar-refractivity contribution in [3.8, 4) is 0 Å². The Bertz CT molecular complexity index is 127. The van der Waals surface area contributed by atoms with Gasteiger partial charge >= 0.3 is 0 Å². The van der Waals surface area contributed by atoms with E-state index in [0.29, 0.717) is 5.96 Å². The van der Waals surface area contributed by atoms with Gasteiger partial charge in [-0.05, 0) is 21.0 Å². The average Bonchev–Trinajstić information content (AvgIpc) is 2.03. The fraction of sp³-hybridized carbons (Fsp3) is 0.714. The molecule has 0 bridgehead atoms. The first-order valence-corrected chi connectivity index (χ1v) is 3.75. The summed E-state index contributed by atoms with van der Waals surface area (Å²) in [6.07, 6.45) is 0. The number of rotatable bonds is 0. The Morgan fingerprint density at radius 1 is 1.23 bits per heavy atom. The Kier molecular flexibility index (Phi) is 23.1. The molecule has 6 nitrogen and oxygen atoms in total. The van der Waals surface area contributed by atoms with Gasteiger partial charge in [0.2, 0.25) is 0 Å². The lowest BCUT2D eigenvalue weighted by Gasteiger charge is -1.90. The quantitative estimate of drug-likeness (QED) is 0.247. The molecular weight excluding hydrogens is 168 g/mol. The molecule has 0 aliphatic heterocycles. The van der Waals surface area contributed by atoms with Crippen LogP contribution < -0.4 is 22.1 Å². The van der Waals surface area contributed by atoms with Crippen LogP contribution in [0.15, 0.2) is 4.99 Å². The summed E-state index contributed by atoms with van der Waals surface area (Å²) >= 11 is 0. The molecular formula is C7H22N6. The summed E-state index contributed by atoms with van der Waals surface area (Å²) in [5, 5.41) is 11.7. The molecule has 0 amide bonds. The van der Waals surface area contributed by atoms with E-state index in [2.05, 4.69) is 15.6 Å². The zero-order chi connectivity index (χ0) is 11.3. The van der Waals surface area contributed by atoms with Crippen LogP contribution >= 0.6 is 0 Å². The van der Waals surface area contributed by atoms with Crippen molar-refractivity contribution in [3.05, 3.63) is 0 Å². The summed E-state index contributed by atoms with van der Waals surface area (Å²) < 4.78 is 0. The highest BCUT2D eigenvalue weighted by Crippen LogP contribution is 1.48. The van der Waals surface area contributed by atoms with Gasteiger partial charge in [-0.1, -0.05) is 0 Å². The summed E-state index contributed by atoms with van der Waals surface area (Å²) in [5.74, 6) is 0.634. The largest absolute Gasteiger partial charge is 0.388 e. The van der Waals surface area contributed by atoms with Gasteiger partial charge in [0.1, 0.15) is 0 Å². The molecule has 0 aromatic rings. The van der Waals surface area contributed by atoms with Crippen LogP contribution in [0.4, 0.5) is 0 Å². The summed E-state index contributed by atoms with van der Waals surface area (Å²) in [4.78, 5) is 3.59. The van der Waals surface area contributed by atoms with E-state index in [-0.39, 0.29) is 5.84 Å². The van der Waals surface area contributed by atoms with Gasteiger partial charge in [0.15, 0.2) is 5.96 Å². The van der Waals surface area contributed by atoms with Gasteiger partial charge < -0.3 is 22.1 Å². The first-order chi connectivity index (χ1) is 5.95. The van der Waals surface area contributed by atoms with Crippen molar-refractivity contribution in [2.45, 2.75) is 6.92 Å². The molecule has 0 saturated carbocycles. The standard InChI is InChI=1S/C3H9N3.C2H6N2.C2H7N/c1-5-3(4)6-2;1-2(3)4;1-3-2/h1-2H3,(H3,4,5,6);1H3,(H3,3,4);3H,1-2H3. The van der Waals surface area contributed by atoms with Gasteiger partial charge in [0, 0.05) is 14.1 Å². The molecule has 13 heavy (non-hydrogen) atoms. The Morgan fingerprint density at radius 3 is 1.46 bits per heavy atom. The minimum atomic E-state index is 0.167. The van der Waals surface area contributed by atoms with E-state index in [4.69, 9.17) is 16.9 Å². The van der Waals surface area contributed by atoms with Crippen LogP contribution in [0, 0.1) is 5.41 Å². The Balaban J connectivity index is -0.000000125. The monoisotopic (exact) mass is 190 g/mol. The zero-order valence-electron chi connectivity index (χ0n) is 9.10. The Hall–Kier alpha value is -1.30. The average molecular weight is 190 g/mol. The van der Waals surface area contributed by atoms with Gasteiger partial charge in [0.25, 0.3) is 0 Å². The van der Waals surface area contributed by atoms with Crippen molar-refractivity contribution in [2.24, 2.45) is 16.5 Å². The highest BCUT2D eigenvalue weighted by molar-refractivity contribution is 5.77. The number of amidine groups is 1. The third kappa shape index (κ3) is 111. The van der Waals surface area contributed by atoms with Gasteiger partial charge in [0.05, 0.1) is 5.84 Å². The van der Waals surface area contributed by atoms with Crippen molar-refractivity contribution in [1.82, 2.24) is 10.6 Å². The van der Waals surface area contributed by atoms with E-state index in [1.54, 1.807) is 14.1 Å². The highest BCUT2D eigenvalue weighted by atomic mass is 15.1. The molecule has 0 saturated heterocycles. The van der Waals surface area contributed by atoms with E-state index in [9.17, 15) is 0 Å². The molecule has 80 valence electrons. The van der Waals surface area contributed by atoms with Crippen molar-refractivity contribution in [1.29, 1.82) is 5.41 Å². The van der Waals surface area contributed by atoms with E-state index in [1.807, 2.05) is 14.1 Å². The third-order valence-corrected chi connectivity index (χ3v) is 0.497. The topological polar surface area (TPSA) is 112 Å². The van der Waals surface area contributed by atoms with Gasteiger partial charge in [-0.3, -0.25) is 10.4 Å². The number of nitrogens with one attached hydrogen (secondary N) is 3. The third-order valence-electron chi connectivity index (χ3n) is 0.497. The summed E-state index contributed by atoms with van der Waals surface area (Å²) in [7, 11) is 7.11. The minimum Gasteiger partial charge on any atom is -0.388 e. The van der Waals surface area contributed by atoms with E-state index < -0.39 is 0 Å². The van der Waals surface area contributed by atoms with Crippen LogP contribution in [0.2, 0.25) is 0 Å². The lowest BCUT2D eigenvalue weighted by Crippen LogP contribution is -2.27. The van der Waals surface area contributed by atoms with Crippen LogP contribution in [0.5, 0.6) is 0 Å².